The summed E-state index contributed by atoms with van der Waals surface area (Å²) in [5.74, 6) is 0.276. The number of anilines is 1. The van der Waals surface area contributed by atoms with Crippen LogP contribution in [0.3, 0.4) is 0 Å². The molecule has 1 amide bonds. The van der Waals surface area contributed by atoms with E-state index in [1.165, 1.54) is 0 Å². The summed E-state index contributed by atoms with van der Waals surface area (Å²) in [6.07, 6.45) is 4.02. The standard InChI is InChI=1S/C14H18N4O2/c1-2-20-12-5-3-4-11(15)13(12)14(19)17-7-6-10-8-16-9-18-10/h3-5,8-9H,2,6-7,15H2,1H3,(H,16,18)(H,17,19). The maximum absolute atomic E-state index is 12.2. The van der Waals surface area contributed by atoms with Gasteiger partial charge in [0, 0.05) is 30.5 Å². The Kier molecular flexibility index (Phi) is 4.60. The maximum Gasteiger partial charge on any atom is 0.257 e. The minimum absolute atomic E-state index is 0.230. The molecule has 0 unspecified atom stereocenters. The summed E-state index contributed by atoms with van der Waals surface area (Å²) in [6, 6.07) is 5.19. The molecule has 0 aliphatic heterocycles. The smallest absolute Gasteiger partial charge is 0.257 e. The van der Waals surface area contributed by atoms with E-state index in [0.717, 1.165) is 5.69 Å². The van der Waals surface area contributed by atoms with Crippen molar-refractivity contribution < 1.29 is 9.53 Å². The summed E-state index contributed by atoms with van der Waals surface area (Å²) in [5.41, 5.74) is 7.63. The highest BCUT2D eigenvalue weighted by atomic mass is 16.5. The van der Waals surface area contributed by atoms with Crippen LogP contribution in [0.4, 0.5) is 5.69 Å². The number of rotatable bonds is 6. The quantitative estimate of drug-likeness (QED) is 0.693. The number of ether oxygens (including phenoxy) is 1. The number of carbonyl (C=O) groups is 1. The molecule has 0 radical (unpaired) electrons. The lowest BCUT2D eigenvalue weighted by atomic mass is 10.1. The minimum atomic E-state index is -0.230. The summed E-state index contributed by atoms with van der Waals surface area (Å²) >= 11 is 0. The number of nitrogen functional groups attached to an aromatic ring is 1. The van der Waals surface area contributed by atoms with Gasteiger partial charge in [0.1, 0.15) is 11.3 Å². The van der Waals surface area contributed by atoms with E-state index in [0.29, 0.717) is 36.6 Å². The van der Waals surface area contributed by atoms with Crippen molar-refractivity contribution in [3.8, 4) is 5.75 Å². The van der Waals surface area contributed by atoms with Crippen LogP contribution in [0.2, 0.25) is 0 Å². The van der Waals surface area contributed by atoms with Crippen LogP contribution in [0.1, 0.15) is 23.0 Å². The second-order valence-electron chi connectivity index (χ2n) is 4.24. The number of nitrogens with zero attached hydrogens (tertiary/aromatic N) is 1. The van der Waals surface area contributed by atoms with E-state index >= 15 is 0 Å². The lowest BCUT2D eigenvalue weighted by Crippen LogP contribution is -2.27. The van der Waals surface area contributed by atoms with E-state index in [1.807, 2.05) is 6.92 Å². The van der Waals surface area contributed by atoms with Crippen molar-refractivity contribution >= 4 is 11.6 Å². The van der Waals surface area contributed by atoms with Crippen molar-refractivity contribution in [3.63, 3.8) is 0 Å². The lowest BCUT2D eigenvalue weighted by Gasteiger charge is -2.12. The topological polar surface area (TPSA) is 93.0 Å². The summed E-state index contributed by atoms with van der Waals surface area (Å²) in [6.45, 7) is 2.85. The highest BCUT2D eigenvalue weighted by Crippen LogP contribution is 2.24. The molecule has 0 aliphatic rings. The van der Waals surface area contributed by atoms with E-state index in [9.17, 15) is 4.79 Å². The highest BCUT2D eigenvalue weighted by Gasteiger charge is 2.15. The molecular weight excluding hydrogens is 256 g/mol. The van der Waals surface area contributed by atoms with Crippen LogP contribution in [0, 0.1) is 0 Å². The first-order chi connectivity index (χ1) is 9.72. The van der Waals surface area contributed by atoms with Crippen LogP contribution in [0.5, 0.6) is 5.75 Å². The number of hydrogen-bond donors (Lipinski definition) is 3. The van der Waals surface area contributed by atoms with Crippen LogP contribution < -0.4 is 15.8 Å². The van der Waals surface area contributed by atoms with Gasteiger partial charge in [-0.2, -0.15) is 0 Å². The van der Waals surface area contributed by atoms with Crippen molar-refractivity contribution in [2.75, 3.05) is 18.9 Å². The van der Waals surface area contributed by atoms with Crippen molar-refractivity contribution in [2.24, 2.45) is 0 Å². The fraction of sp³-hybridized carbons (Fsp3) is 0.286. The number of benzene rings is 1. The number of aromatic nitrogens is 2. The Morgan fingerprint density at radius 1 is 1.50 bits per heavy atom. The zero-order valence-corrected chi connectivity index (χ0v) is 11.3. The predicted octanol–water partition coefficient (Wildman–Crippen LogP) is 1.36. The number of aromatic amines is 1. The molecule has 0 saturated heterocycles. The van der Waals surface area contributed by atoms with Crippen molar-refractivity contribution in [1.82, 2.24) is 15.3 Å². The van der Waals surface area contributed by atoms with Crippen LogP contribution in [-0.2, 0) is 6.42 Å². The molecule has 6 heteroatoms. The SMILES string of the molecule is CCOc1cccc(N)c1C(=O)NCCc1cnc[nH]1. The molecule has 0 saturated carbocycles. The molecule has 2 rings (SSSR count). The molecule has 0 atom stereocenters. The van der Waals surface area contributed by atoms with Gasteiger partial charge in [-0.1, -0.05) is 6.07 Å². The minimum Gasteiger partial charge on any atom is -0.493 e. The van der Waals surface area contributed by atoms with Gasteiger partial charge in [0.15, 0.2) is 0 Å². The summed E-state index contributed by atoms with van der Waals surface area (Å²) in [5, 5.41) is 2.83. The molecule has 0 aliphatic carbocycles. The average Bonchev–Trinajstić information content (AvgIpc) is 2.92. The van der Waals surface area contributed by atoms with E-state index in [-0.39, 0.29) is 5.91 Å². The number of imidazole rings is 1. The van der Waals surface area contributed by atoms with Gasteiger partial charge in [0.2, 0.25) is 0 Å². The van der Waals surface area contributed by atoms with Crippen molar-refractivity contribution in [3.05, 3.63) is 42.0 Å². The summed E-state index contributed by atoms with van der Waals surface area (Å²) < 4.78 is 5.43. The Morgan fingerprint density at radius 3 is 3.05 bits per heavy atom. The number of hydrogen-bond acceptors (Lipinski definition) is 4. The normalized spacial score (nSPS) is 10.2. The molecule has 1 aromatic heterocycles. The molecule has 2 aromatic rings. The lowest BCUT2D eigenvalue weighted by molar-refractivity contribution is 0.0951. The van der Waals surface area contributed by atoms with Gasteiger partial charge >= 0.3 is 0 Å². The third-order valence-electron chi connectivity index (χ3n) is 2.82. The fourth-order valence-electron chi connectivity index (χ4n) is 1.89. The first kappa shape index (κ1) is 13.9. The average molecular weight is 274 g/mol. The van der Waals surface area contributed by atoms with Crippen LogP contribution in [0.15, 0.2) is 30.7 Å². The predicted molar refractivity (Wildman–Crippen MR) is 76.6 cm³/mol. The Bertz CT molecular complexity index is 567. The number of nitrogens with two attached hydrogens (primary N) is 1. The molecule has 4 N–H and O–H groups in total. The van der Waals surface area contributed by atoms with E-state index < -0.39 is 0 Å². The third-order valence-corrected chi connectivity index (χ3v) is 2.82. The Balaban J connectivity index is 2.01. The molecule has 1 aromatic carbocycles. The molecule has 0 spiro atoms. The maximum atomic E-state index is 12.2. The third kappa shape index (κ3) is 3.28. The van der Waals surface area contributed by atoms with E-state index in [2.05, 4.69) is 15.3 Å². The first-order valence-corrected chi connectivity index (χ1v) is 6.49. The number of amides is 1. The second kappa shape index (κ2) is 6.60. The number of carbonyl (C=O) groups excluding carboxylic acids is 1. The van der Waals surface area contributed by atoms with Gasteiger partial charge in [0.25, 0.3) is 5.91 Å². The monoisotopic (exact) mass is 274 g/mol. The summed E-state index contributed by atoms with van der Waals surface area (Å²) in [7, 11) is 0. The van der Waals surface area contributed by atoms with Crippen LogP contribution >= 0.6 is 0 Å². The van der Waals surface area contributed by atoms with Gasteiger partial charge in [0.05, 0.1) is 12.9 Å². The van der Waals surface area contributed by atoms with Gasteiger partial charge in [-0.15, -0.1) is 0 Å². The molecule has 0 bridgehead atoms. The first-order valence-electron chi connectivity index (χ1n) is 6.49. The van der Waals surface area contributed by atoms with Gasteiger partial charge in [-0.25, -0.2) is 4.98 Å². The van der Waals surface area contributed by atoms with Crippen molar-refractivity contribution in [2.45, 2.75) is 13.3 Å². The largest absolute Gasteiger partial charge is 0.493 e. The zero-order valence-electron chi connectivity index (χ0n) is 11.3. The Hall–Kier alpha value is -2.50. The molecule has 20 heavy (non-hydrogen) atoms. The van der Waals surface area contributed by atoms with E-state index in [1.54, 1.807) is 30.7 Å². The molecule has 0 fully saturated rings. The molecular formula is C14H18N4O2. The van der Waals surface area contributed by atoms with Gasteiger partial charge in [-0.05, 0) is 19.1 Å². The van der Waals surface area contributed by atoms with Gasteiger partial charge in [-0.3, -0.25) is 4.79 Å². The van der Waals surface area contributed by atoms with Gasteiger partial charge < -0.3 is 20.8 Å². The molecule has 1 heterocycles. The highest BCUT2D eigenvalue weighted by molar-refractivity contribution is 6.01. The second-order valence-corrected chi connectivity index (χ2v) is 4.24. The zero-order chi connectivity index (χ0) is 14.4. The molecule has 6 nitrogen and oxygen atoms in total. The molecule has 106 valence electrons. The Labute approximate surface area is 117 Å². The van der Waals surface area contributed by atoms with Crippen LogP contribution in [-0.4, -0.2) is 29.0 Å². The number of H-pyrrole nitrogens is 1. The summed E-state index contributed by atoms with van der Waals surface area (Å²) in [4.78, 5) is 19.1. The Morgan fingerprint density at radius 2 is 2.35 bits per heavy atom. The van der Waals surface area contributed by atoms with E-state index in [4.69, 9.17) is 10.5 Å². The number of nitrogens with one attached hydrogen (secondary N) is 2. The van der Waals surface area contributed by atoms with Crippen LogP contribution in [0.25, 0.3) is 0 Å². The fourth-order valence-corrected chi connectivity index (χ4v) is 1.89. The van der Waals surface area contributed by atoms with Crippen molar-refractivity contribution in [1.29, 1.82) is 0 Å².